The topological polar surface area (TPSA) is 105 Å². The number of nitrogens with zero attached hydrogens (tertiary/aromatic N) is 3. The summed E-state index contributed by atoms with van der Waals surface area (Å²) >= 11 is 6.48. The van der Waals surface area contributed by atoms with Crippen LogP contribution in [0.5, 0.6) is 0 Å². The fourth-order valence-corrected chi connectivity index (χ4v) is 5.44. The van der Waals surface area contributed by atoms with Crippen molar-refractivity contribution in [3.8, 4) is 11.3 Å². The Labute approximate surface area is 233 Å². The molecule has 2 aromatic carbocycles. The zero-order valence-corrected chi connectivity index (χ0v) is 22.7. The molecule has 8 nitrogen and oxygen atoms in total. The van der Waals surface area contributed by atoms with Gasteiger partial charge < -0.3 is 20.1 Å². The Hall–Kier alpha value is -3.33. The van der Waals surface area contributed by atoms with Gasteiger partial charge >= 0.3 is 0 Å². The molecule has 2 aliphatic heterocycles. The van der Waals surface area contributed by atoms with Gasteiger partial charge in [-0.2, -0.15) is 0 Å². The summed E-state index contributed by atoms with van der Waals surface area (Å²) < 4.78 is 5.46. The van der Waals surface area contributed by atoms with Crippen LogP contribution in [-0.2, 0) is 22.5 Å². The molecule has 0 spiro atoms. The van der Waals surface area contributed by atoms with Crippen molar-refractivity contribution in [2.45, 2.75) is 51.3 Å². The monoisotopic (exact) mass is 548 g/mol. The first-order chi connectivity index (χ1) is 18.9. The summed E-state index contributed by atoms with van der Waals surface area (Å²) in [5.41, 5.74) is 3.54. The number of amides is 2. The van der Waals surface area contributed by atoms with Gasteiger partial charge in [-0.05, 0) is 42.4 Å². The van der Waals surface area contributed by atoms with Crippen LogP contribution < -0.4 is 5.32 Å². The maximum atomic E-state index is 13.3. The largest absolute Gasteiger partial charge is 0.391 e. The number of fused-ring (bicyclic) bond motifs is 1. The quantitative estimate of drug-likeness (QED) is 0.412. The Morgan fingerprint density at radius 3 is 2.72 bits per heavy atom. The van der Waals surface area contributed by atoms with Crippen LogP contribution in [0.15, 0.2) is 54.7 Å². The number of aliphatic hydroxyl groups excluding tert-OH is 1. The van der Waals surface area contributed by atoms with E-state index in [1.807, 2.05) is 49.4 Å². The van der Waals surface area contributed by atoms with E-state index in [2.05, 4.69) is 10.3 Å². The van der Waals surface area contributed by atoms with Crippen molar-refractivity contribution in [2.24, 2.45) is 5.92 Å². The molecule has 39 heavy (non-hydrogen) atoms. The Balaban J connectivity index is 1.28. The molecule has 3 heterocycles. The molecule has 1 unspecified atom stereocenters. The standard InChI is InChI=1S/C30H33ClN4O4/c1-2-25(36)29(20-6-4-3-5-7-20)34-27(37)18-35-17-22-9-8-21(15-23(22)30(35)38)28-24(31)16-32-26(33-28)14-19-10-12-39-13-11-19/h3-9,15-16,19,25,29,36H,2,10-14,17-18H2,1H3,(H,34,37)/t25-,29?/m0/s1. The number of hydrogen-bond donors (Lipinski definition) is 2. The van der Waals surface area contributed by atoms with E-state index < -0.39 is 12.1 Å². The predicted molar refractivity (Wildman–Crippen MR) is 148 cm³/mol. The first-order valence-corrected chi connectivity index (χ1v) is 13.8. The molecule has 2 atom stereocenters. The third-order valence-electron chi connectivity index (χ3n) is 7.48. The van der Waals surface area contributed by atoms with Crippen LogP contribution in [0.1, 0.15) is 59.5 Å². The molecule has 1 aromatic heterocycles. The maximum Gasteiger partial charge on any atom is 0.254 e. The summed E-state index contributed by atoms with van der Waals surface area (Å²) in [5.74, 6) is 0.666. The average molecular weight is 549 g/mol. The Morgan fingerprint density at radius 1 is 1.21 bits per heavy atom. The summed E-state index contributed by atoms with van der Waals surface area (Å²) in [5, 5.41) is 13.9. The Bertz CT molecular complexity index is 1330. The Morgan fingerprint density at radius 2 is 1.97 bits per heavy atom. The molecule has 3 aromatic rings. The number of rotatable bonds is 9. The summed E-state index contributed by atoms with van der Waals surface area (Å²) in [6.45, 7) is 3.62. The SMILES string of the molecule is CC[C@H](O)C(NC(=O)CN1Cc2ccc(-c3nc(CC4CCOCC4)ncc3Cl)cc2C1=O)c1ccccc1. The molecule has 2 aliphatic rings. The number of carbonyl (C=O) groups is 2. The van der Waals surface area contributed by atoms with E-state index in [0.717, 1.165) is 55.0 Å². The van der Waals surface area contributed by atoms with Crippen molar-refractivity contribution in [3.05, 3.63) is 82.3 Å². The summed E-state index contributed by atoms with van der Waals surface area (Å²) in [7, 11) is 0. The van der Waals surface area contributed by atoms with Crippen LogP contribution in [0, 0.1) is 5.92 Å². The van der Waals surface area contributed by atoms with E-state index in [4.69, 9.17) is 21.3 Å². The molecule has 204 valence electrons. The van der Waals surface area contributed by atoms with Crippen molar-refractivity contribution in [1.29, 1.82) is 0 Å². The lowest BCUT2D eigenvalue weighted by atomic mass is 9.96. The molecular formula is C30H33ClN4O4. The van der Waals surface area contributed by atoms with E-state index in [-0.39, 0.29) is 18.4 Å². The van der Waals surface area contributed by atoms with Gasteiger partial charge in [-0.25, -0.2) is 9.97 Å². The van der Waals surface area contributed by atoms with Gasteiger partial charge in [-0.15, -0.1) is 0 Å². The van der Waals surface area contributed by atoms with Gasteiger partial charge in [0.1, 0.15) is 12.4 Å². The Kier molecular flexibility index (Phi) is 8.55. The number of halogens is 1. The molecule has 1 fully saturated rings. The van der Waals surface area contributed by atoms with Crippen LogP contribution in [0.2, 0.25) is 5.02 Å². The van der Waals surface area contributed by atoms with Crippen molar-refractivity contribution >= 4 is 23.4 Å². The van der Waals surface area contributed by atoms with Gasteiger partial charge in [0, 0.05) is 43.5 Å². The van der Waals surface area contributed by atoms with Gasteiger partial charge in [-0.1, -0.05) is 61.0 Å². The predicted octanol–water partition coefficient (Wildman–Crippen LogP) is 4.35. The van der Waals surface area contributed by atoms with E-state index in [1.54, 1.807) is 12.3 Å². The minimum atomic E-state index is -0.737. The molecule has 0 aliphatic carbocycles. The van der Waals surface area contributed by atoms with Crippen molar-refractivity contribution in [3.63, 3.8) is 0 Å². The summed E-state index contributed by atoms with van der Waals surface area (Å²) in [6.07, 6.45) is 4.11. The number of ether oxygens (including phenoxy) is 1. The highest BCUT2D eigenvalue weighted by Gasteiger charge is 2.31. The van der Waals surface area contributed by atoms with E-state index in [1.165, 1.54) is 4.90 Å². The lowest BCUT2D eigenvalue weighted by Gasteiger charge is -2.25. The summed E-state index contributed by atoms with van der Waals surface area (Å²) in [4.78, 5) is 37.0. The first-order valence-electron chi connectivity index (χ1n) is 13.5. The van der Waals surface area contributed by atoms with Gasteiger partial charge in [0.15, 0.2) is 0 Å². The second kappa shape index (κ2) is 12.2. The van der Waals surface area contributed by atoms with Gasteiger partial charge in [0.25, 0.3) is 5.91 Å². The fraction of sp³-hybridized carbons (Fsp3) is 0.400. The van der Waals surface area contributed by atoms with Crippen LogP contribution in [0.3, 0.4) is 0 Å². The van der Waals surface area contributed by atoms with Gasteiger partial charge in [0.2, 0.25) is 5.91 Å². The van der Waals surface area contributed by atoms with Crippen LogP contribution in [0.4, 0.5) is 0 Å². The molecule has 0 radical (unpaired) electrons. The fourth-order valence-electron chi connectivity index (χ4n) is 5.24. The number of nitrogens with one attached hydrogen (secondary N) is 1. The lowest BCUT2D eigenvalue weighted by Crippen LogP contribution is -2.42. The number of benzene rings is 2. The van der Waals surface area contributed by atoms with Gasteiger partial charge in [-0.3, -0.25) is 9.59 Å². The number of aromatic nitrogens is 2. The normalized spacial score (nSPS) is 17.1. The van der Waals surface area contributed by atoms with Crippen molar-refractivity contribution < 1.29 is 19.4 Å². The van der Waals surface area contributed by atoms with Crippen LogP contribution in [-0.4, -0.2) is 57.7 Å². The molecular weight excluding hydrogens is 516 g/mol. The van der Waals surface area contributed by atoms with Crippen LogP contribution in [0.25, 0.3) is 11.3 Å². The van der Waals surface area contributed by atoms with Crippen molar-refractivity contribution in [2.75, 3.05) is 19.8 Å². The third-order valence-corrected chi connectivity index (χ3v) is 7.76. The van der Waals surface area contributed by atoms with E-state index >= 15 is 0 Å². The molecule has 2 N–H and O–H groups in total. The van der Waals surface area contributed by atoms with E-state index in [9.17, 15) is 14.7 Å². The minimum Gasteiger partial charge on any atom is -0.391 e. The lowest BCUT2D eigenvalue weighted by molar-refractivity contribution is -0.123. The second-order valence-electron chi connectivity index (χ2n) is 10.2. The number of hydrogen-bond acceptors (Lipinski definition) is 6. The summed E-state index contributed by atoms with van der Waals surface area (Å²) in [6, 6.07) is 14.4. The molecule has 0 bridgehead atoms. The zero-order chi connectivity index (χ0) is 27.4. The maximum absolute atomic E-state index is 13.3. The third kappa shape index (κ3) is 6.30. The molecule has 2 amide bonds. The highest BCUT2D eigenvalue weighted by Crippen LogP contribution is 2.31. The van der Waals surface area contributed by atoms with E-state index in [0.29, 0.717) is 35.2 Å². The smallest absolute Gasteiger partial charge is 0.254 e. The molecule has 0 saturated carbocycles. The van der Waals surface area contributed by atoms with Crippen molar-refractivity contribution in [1.82, 2.24) is 20.2 Å². The first kappa shape index (κ1) is 27.2. The highest BCUT2D eigenvalue weighted by atomic mass is 35.5. The molecule has 5 rings (SSSR count). The average Bonchev–Trinajstić information content (AvgIpc) is 3.27. The second-order valence-corrected chi connectivity index (χ2v) is 10.6. The van der Waals surface area contributed by atoms with Gasteiger partial charge in [0.05, 0.1) is 22.9 Å². The number of carbonyl (C=O) groups excluding carboxylic acids is 2. The zero-order valence-electron chi connectivity index (χ0n) is 22.0. The molecule has 9 heteroatoms. The van der Waals surface area contributed by atoms with Crippen LogP contribution >= 0.6 is 11.6 Å². The highest BCUT2D eigenvalue weighted by molar-refractivity contribution is 6.32. The minimum absolute atomic E-state index is 0.105. The number of aliphatic hydroxyl groups is 1. The molecule has 1 saturated heterocycles.